The molecule has 2 aromatic rings. The van der Waals surface area contributed by atoms with Crippen molar-refractivity contribution < 1.29 is 0 Å². The molecule has 0 saturated heterocycles. The Hall–Kier alpha value is -1.32. The molecule has 0 radical (unpaired) electrons. The van der Waals surface area contributed by atoms with Crippen molar-refractivity contribution in [3.05, 3.63) is 41.7 Å². The maximum Gasteiger partial charge on any atom is 0.111 e. The van der Waals surface area contributed by atoms with Gasteiger partial charge in [-0.05, 0) is 25.2 Å². The fourth-order valence-electron chi connectivity index (χ4n) is 1.91. The Morgan fingerprint density at radius 3 is 3.06 bits per heavy atom. The predicted molar refractivity (Wildman–Crippen MR) is 72.6 cm³/mol. The first-order valence-electron chi connectivity index (χ1n) is 5.66. The summed E-state index contributed by atoms with van der Waals surface area (Å²) in [6.45, 7) is 5.48. The zero-order chi connectivity index (χ0) is 12.3. The van der Waals surface area contributed by atoms with Crippen LogP contribution in [0.3, 0.4) is 0 Å². The number of nitrogens with zero attached hydrogens (tertiary/aromatic N) is 2. The summed E-state index contributed by atoms with van der Waals surface area (Å²) in [6.07, 6.45) is 2.79. The van der Waals surface area contributed by atoms with Crippen LogP contribution < -0.4 is 5.32 Å². The molecule has 90 valence electrons. The summed E-state index contributed by atoms with van der Waals surface area (Å²) in [7, 11) is 1.94. The van der Waals surface area contributed by atoms with E-state index in [4.69, 9.17) is 11.6 Å². The van der Waals surface area contributed by atoms with Gasteiger partial charge in [0.1, 0.15) is 5.82 Å². The third-order valence-corrected chi connectivity index (χ3v) is 2.93. The smallest absolute Gasteiger partial charge is 0.111 e. The second-order valence-electron chi connectivity index (χ2n) is 3.91. The lowest BCUT2D eigenvalue weighted by molar-refractivity contribution is 0.703. The second kappa shape index (κ2) is 5.34. The molecule has 2 rings (SSSR count). The largest absolute Gasteiger partial charge is 0.324 e. The lowest BCUT2D eigenvalue weighted by Crippen LogP contribution is -2.13. The minimum atomic E-state index is 0.723. The van der Waals surface area contributed by atoms with Gasteiger partial charge in [-0.1, -0.05) is 17.7 Å². The van der Waals surface area contributed by atoms with Gasteiger partial charge in [-0.2, -0.15) is 0 Å². The monoisotopic (exact) mass is 249 g/mol. The minimum absolute atomic E-state index is 0.723. The molecular formula is C13H16ClN3. The Labute approximate surface area is 106 Å². The molecule has 3 nitrogen and oxygen atoms in total. The van der Waals surface area contributed by atoms with Crippen LogP contribution in [0.1, 0.15) is 5.82 Å². The third-order valence-electron chi connectivity index (χ3n) is 2.70. The first-order chi connectivity index (χ1) is 8.26. The molecule has 0 aliphatic rings. The highest BCUT2D eigenvalue weighted by Crippen LogP contribution is 2.20. The molecule has 4 heteroatoms. The molecule has 1 heterocycles. The number of rotatable bonds is 5. The average Bonchev–Trinajstić information content (AvgIpc) is 2.64. The van der Waals surface area contributed by atoms with Crippen LogP contribution in [0.2, 0.25) is 5.02 Å². The van der Waals surface area contributed by atoms with Crippen molar-refractivity contribution in [1.29, 1.82) is 0 Å². The van der Waals surface area contributed by atoms with Crippen LogP contribution in [0.4, 0.5) is 0 Å². The lowest BCUT2D eigenvalue weighted by Gasteiger charge is -2.05. The molecular weight excluding hydrogens is 234 g/mol. The summed E-state index contributed by atoms with van der Waals surface area (Å²) in [4.78, 5) is 4.62. The Kier molecular flexibility index (Phi) is 3.82. The van der Waals surface area contributed by atoms with E-state index in [9.17, 15) is 0 Å². The summed E-state index contributed by atoms with van der Waals surface area (Å²) < 4.78 is 2.18. The highest BCUT2D eigenvalue weighted by Gasteiger charge is 2.09. The minimum Gasteiger partial charge on any atom is -0.324 e. The van der Waals surface area contributed by atoms with Gasteiger partial charge in [0.2, 0.25) is 0 Å². The summed E-state index contributed by atoms with van der Waals surface area (Å²) in [5, 5.41) is 3.86. The van der Waals surface area contributed by atoms with E-state index in [-0.39, 0.29) is 0 Å². The molecule has 0 saturated carbocycles. The predicted octanol–water partition coefficient (Wildman–Crippen LogP) is 2.64. The van der Waals surface area contributed by atoms with E-state index in [2.05, 4.69) is 21.4 Å². The van der Waals surface area contributed by atoms with Gasteiger partial charge in [-0.15, -0.1) is 6.58 Å². The molecule has 0 bridgehead atoms. The van der Waals surface area contributed by atoms with E-state index < -0.39 is 0 Å². The van der Waals surface area contributed by atoms with Gasteiger partial charge in [-0.3, -0.25) is 0 Å². The number of allylic oxidation sites excluding steroid dienone is 1. The van der Waals surface area contributed by atoms with E-state index in [0.717, 1.165) is 41.4 Å². The van der Waals surface area contributed by atoms with Gasteiger partial charge in [0.15, 0.2) is 0 Å². The number of likely N-dealkylation sites (N-methyl/N-ethyl adjacent to an activating group) is 1. The molecule has 1 N–H and O–H groups in total. The van der Waals surface area contributed by atoms with Gasteiger partial charge in [-0.25, -0.2) is 4.98 Å². The normalized spacial score (nSPS) is 10.9. The first kappa shape index (κ1) is 12.1. The molecule has 0 aliphatic carbocycles. The molecule has 0 fully saturated rings. The van der Waals surface area contributed by atoms with Gasteiger partial charge in [0.25, 0.3) is 0 Å². The Balaban J connectivity index is 2.49. The lowest BCUT2D eigenvalue weighted by atomic mass is 10.3. The SMILES string of the molecule is C=CCn1c(CCNC)nc2cc(Cl)ccc21. The summed E-state index contributed by atoms with van der Waals surface area (Å²) in [6, 6.07) is 5.81. The van der Waals surface area contributed by atoms with Gasteiger partial charge in [0, 0.05) is 24.5 Å². The Morgan fingerprint density at radius 2 is 2.35 bits per heavy atom. The number of aromatic nitrogens is 2. The van der Waals surface area contributed by atoms with Crippen LogP contribution in [0.15, 0.2) is 30.9 Å². The maximum atomic E-state index is 5.98. The number of nitrogens with one attached hydrogen (secondary N) is 1. The van der Waals surface area contributed by atoms with Crippen molar-refractivity contribution in [2.45, 2.75) is 13.0 Å². The summed E-state index contributed by atoms with van der Waals surface area (Å²) in [5.41, 5.74) is 2.06. The number of benzene rings is 1. The van der Waals surface area contributed by atoms with Crippen LogP contribution in [-0.4, -0.2) is 23.1 Å². The van der Waals surface area contributed by atoms with E-state index in [1.54, 1.807) is 0 Å². The van der Waals surface area contributed by atoms with Gasteiger partial charge in [0.05, 0.1) is 11.0 Å². The van der Waals surface area contributed by atoms with E-state index in [1.807, 2.05) is 31.3 Å². The summed E-state index contributed by atoms with van der Waals surface area (Å²) in [5.74, 6) is 1.07. The third kappa shape index (κ3) is 2.51. The van der Waals surface area contributed by atoms with Crippen molar-refractivity contribution >= 4 is 22.6 Å². The molecule has 1 aromatic carbocycles. The standard InChI is InChI=1S/C13H16ClN3/c1-3-8-17-12-5-4-10(14)9-11(12)16-13(17)6-7-15-2/h3-5,9,15H,1,6-8H2,2H3. The van der Waals surface area contributed by atoms with E-state index in [0.29, 0.717) is 0 Å². The van der Waals surface area contributed by atoms with Crippen LogP contribution in [-0.2, 0) is 13.0 Å². The van der Waals surface area contributed by atoms with Crippen molar-refractivity contribution in [2.75, 3.05) is 13.6 Å². The van der Waals surface area contributed by atoms with E-state index in [1.165, 1.54) is 0 Å². The summed E-state index contributed by atoms with van der Waals surface area (Å²) >= 11 is 5.98. The van der Waals surface area contributed by atoms with Gasteiger partial charge >= 0.3 is 0 Å². The molecule has 0 amide bonds. The van der Waals surface area contributed by atoms with Crippen molar-refractivity contribution in [2.24, 2.45) is 0 Å². The Bertz CT molecular complexity index is 531. The molecule has 0 spiro atoms. The van der Waals surface area contributed by atoms with Crippen molar-refractivity contribution in [3.8, 4) is 0 Å². The molecule has 0 aliphatic heterocycles. The zero-order valence-corrected chi connectivity index (χ0v) is 10.7. The molecule has 0 unspecified atom stereocenters. The van der Waals surface area contributed by atoms with Crippen LogP contribution >= 0.6 is 11.6 Å². The topological polar surface area (TPSA) is 29.9 Å². The van der Waals surface area contributed by atoms with Crippen LogP contribution in [0, 0.1) is 0 Å². The highest BCUT2D eigenvalue weighted by atomic mass is 35.5. The molecule has 0 atom stereocenters. The maximum absolute atomic E-state index is 5.98. The number of hydrogen-bond donors (Lipinski definition) is 1. The molecule has 17 heavy (non-hydrogen) atoms. The highest BCUT2D eigenvalue weighted by molar-refractivity contribution is 6.31. The first-order valence-corrected chi connectivity index (χ1v) is 6.04. The van der Waals surface area contributed by atoms with Crippen LogP contribution in [0.5, 0.6) is 0 Å². The quantitative estimate of drug-likeness (QED) is 0.826. The molecule has 1 aromatic heterocycles. The van der Waals surface area contributed by atoms with Crippen molar-refractivity contribution in [3.63, 3.8) is 0 Å². The number of halogens is 1. The second-order valence-corrected chi connectivity index (χ2v) is 4.35. The number of hydrogen-bond acceptors (Lipinski definition) is 2. The van der Waals surface area contributed by atoms with Crippen molar-refractivity contribution in [1.82, 2.24) is 14.9 Å². The van der Waals surface area contributed by atoms with Gasteiger partial charge < -0.3 is 9.88 Å². The fraction of sp³-hybridized carbons (Fsp3) is 0.308. The fourth-order valence-corrected chi connectivity index (χ4v) is 2.08. The van der Waals surface area contributed by atoms with Crippen LogP contribution in [0.25, 0.3) is 11.0 Å². The number of fused-ring (bicyclic) bond motifs is 1. The average molecular weight is 250 g/mol. The van der Waals surface area contributed by atoms with E-state index >= 15 is 0 Å². The Morgan fingerprint density at radius 1 is 1.53 bits per heavy atom. The number of imidazole rings is 1. The zero-order valence-electron chi connectivity index (χ0n) is 9.91.